The molecular formula is C22H27FN6O4. The van der Waals surface area contributed by atoms with Crippen LogP contribution in [-0.2, 0) is 11.3 Å². The molecular weight excluding hydrogens is 431 g/mol. The number of likely N-dealkylation sites (N-methyl/N-ethyl adjacent to an activating group) is 1. The molecule has 0 saturated carbocycles. The van der Waals surface area contributed by atoms with Crippen molar-refractivity contribution in [1.82, 2.24) is 19.7 Å². The van der Waals surface area contributed by atoms with E-state index in [1.165, 1.54) is 17.2 Å². The maximum atomic E-state index is 15.1. The lowest BCUT2D eigenvalue weighted by Crippen LogP contribution is -2.59. The van der Waals surface area contributed by atoms with Crippen LogP contribution in [0, 0.1) is 12.7 Å². The summed E-state index contributed by atoms with van der Waals surface area (Å²) in [7, 11) is 3.13. The average molecular weight is 458 g/mol. The Morgan fingerprint density at radius 1 is 1.18 bits per heavy atom. The molecule has 1 atom stereocenters. The summed E-state index contributed by atoms with van der Waals surface area (Å²) in [5.41, 5.74) is 1.61. The van der Waals surface area contributed by atoms with Gasteiger partial charge in [0.15, 0.2) is 5.82 Å². The molecule has 2 aromatic rings. The van der Waals surface area contributed by atoms with Crippen LogP contribution in [0.2, 0.25) is 0 Å². The van der Waals surface area contributed by atoms with Gasteiger partial charge in [-0.05, 0) is 25.1 Å². The highest BCUT2D eigenvalue weighted by molar-refractivity contribution is 5.99. The van der Waals surface area contributed by atoms with Crippen LogP contribution in [0.3, 0.4) is 0 Å². The first-order valence-electron chi connectivity index (χ1n) is 10.4. The second kappa shape index (κ2) is 10.3. The fraction of sp³-hybridized carbons (Fsp3) is 0.364. The monoisotopic (exact) mass is 458 g/mol. The summed E-state index contributed by atoms with van der Waals surface area (Å²) in [4.78, 5) is 44.7. The lowest BCUT2D eigenvalue weighted by atomic mass is 10.1. The molecule has 33 heavy (non-hydrogen) atoms. The van der Waals surface area contributed by atoms with Gasteiger partial charge in [-0.25, -0.2) is 14.0 Å². The molecule has 1 aliphatic heterocycles. The number of piperazine rings is 1. The van der Waals surface area contributed by atoms with Crippen molar-refractivity contribution in [1.29, 1.82) is 0 Å². The number of carboxylic acid groups (broad SMARTS) is 1. The topological polar surface area (TPSA) is 118 Å². The number of carbonyl (C=O) groups is 3. The number of amides is 4. The van der Waals surface area contributed by atoms with Gasteiger partial charge >= 0.3 is 12.1 Å². The quantitative estimate of drug-likeness (QED) is 0.633. The lowest BCUT2D eigenvalue weighted by Gasteiger charge is -2.40. The predicted molar refractivity (Wildman–Crippen MR) is 121 cm³/mol. The predicted octanol–water partition coefficient (Wildman–Crippen LogP) is 2.43. The minimum Gasteiger partial charge on any atom is -0.465 e. The minimum atomic E-state index is -1.16. The number of nitrogens with zero attached hydrogens (tertiary/aromatic N) is 4. The number of halogens is 1. The van der Waals surface area contributed by atoms with Crippen molar-refractivity contribution in [3.05, 3.63) is 53.6 Å². The number of aromatic nitrogens is 1. The number of carbonyl (C=O) groups excluding carboxylic acids is 2. The van der Waals surface area contributed by atoms with Gasteiger partial charge in [-0.3, -0.25) is 19.6 Å². The maximum absolute atomic E-state index is 15.1. The van der Waals surface area contributed by atoms with Gasteiger partial charge in [0.2, 0.25) is 5.91 Å². The van der Waals surface area contributed by atoms with E-state index in [1.807, 2.05) is 11.8 Å². The molecule has 3 rings (SSSR count). The third-order valence-electron chi connectivity index (χ3n) is 5.33. The Bertz CT molecular complexity index is 1030. The molecule has 0 bridgehead atoms. The zero-order valence-electron chi connectivity index (χ0n) is 18.7. The number of hydrogen-bond donors (Lipinski definition) is 3. The fourth-order valence-corrected chi connectivity index (χ4v) is 3.59. The largest absolute Gasteiger partial charge is 0.465 e. The molecule has 1 aromatic heterocycles. The van der Waals surface area contributed by atoms with E-state index in [2.05, 4.69) is 15.6 Å². The summed E-state index contributed by atoms with van der Waals surface area (Å²) in [5.74, 6) is -0.925. The second-order valence-corrected chi connectivity index (χ2v) is 8.01. The number of aryl methyl sites for hydroxylation is 1. The van der Waals surface area contributed by atoms with E-state index in [9.17, 15) is 19.5 Å². The van der Waals surface area contributed by atoms with Gasteiger partial charge in [0.05, 0.1) is 17.6 Å². The van der Waals surface area contributed by atoms with Gasteiger partial charge in [0.25, 0.3) is 0 Å². The molecule has 1 saturated heterocycles. The van der Waals surface area contributed by atoms with Crippen molar-refractivity contribution in [2.75, 3.05) is 44.4 Å². The number of nitrogens with one attached hydrogen (secondary N) is 2. The third kappa shape index (κ3) is 5.95. The smallest absolute Gasteiger partial charge is 0.408 e. The van der Waals surface area contributed by atoms with Crippen molar-refractivity contribution in [3.8, 4) is 0 Å². The molecule has 0 radical (unpaired) electrons. The van der Waals surface area contributed by atoms with Crippen LogP contribution in [0.25, 0.3) is 0 Å². The summed E-state index contributed by atoms with van der Waals surface area (Å²) >= 11 is 0. The number of urea groups is 1. The van der Waals surface area contributed by atoms with E-state index in [0.29, 0.717) is 17.8 Å². The normalized spacial score (nSPS) is 16.2. The van der Waals surface area contributed by atoms with Crippen LogP contribution in [0.4, 0.5) is 25.4 Å². The summed E-state index contributed by atoms with van der Waals surface area (Å²) in [6.07, 6.45) is 0.339. The lowest BCUT2D eigenvalue weighted by molar-refractivity contribution is -0.136. The molecule has 0 aliphatic carbocycles. The third-order valence-corrected chi connectivity index (χ3v) is 5.33. The Morgan fingerprint density at radius 2 is 1.94 bits per heavy atom. The van der Waals surface area contributed by atoms with Crippen LogP contribution in [0.15, 0.2) is 36.5 Å². The van der Waals surface area contributed by atoms with Crippen LogP contribution in [0.5, 0.6) is 0 Å². The molecule has 11 heteroatoms. The van der Waals surface area contributed by atoms with E-state index in [4.69, 9.17) is 0 Å². The Morgan fingerprint density at radius 3 is 2.58 bits per heavy atom. The van der Waals surface area contributed by atoms with Gasteiger partial charge in [0, 0.05) is 51.5 Å². The second-order valence-electron chi connectivity index (χ2n) is 8.01. The van der Waals surface area contributed by atoms with Crippen LogP contribution in [0.1, 0.15) is 11.3 Å². The van der Waals surface area contributed by atoms with E-state index in [-0.39, 0.29) is 31.2 Å². The van der Waals surface area contributed by atoms with Gasteiger partial charge in [-0.15, -0.1) is 0 Å². The minimum absolute atomic E-state index is 0.00941. The zero-order valence-corrected chi connectivity index (χ0v) is 18.7. The summed E-state index contributed by atoms with van der Waals surface area (Å²) < 4.78 is 15.1. The standard InChI is InChI=1S/C22H27FN6O4/c1-14-7-8-16(11-24-14)25-21(31)26-17-6-4-5-15(19(17)23)12-28-9-10-29(22(32)33)18(13-28)20(30)27(2)3/h4-8,11,18H,9-10,12-13H2,1-3H3,(H,32,33)(H2,25,26,31)/t18-/m0/s1. The Hall–Kier alpha value is -3.73. The molecule has 176 valence electrons. The molecule has 10 nitrogen and oxygen atoms in total. The van der Waals surface area contributed by atoms with Crippen molar-refractivity contribution in [3.63, 3.8) is 0 Å². The molecule has 0 spiro atoms. The summed E-state index contributed by atoms with van der Waals surface area (Å²) in [6.45, 7) is 2.61. The molecule has 3 N–H and O–H groups in total. The molecule has 1 fully saturated rings. The van der Waals surface area contributed by atoms with Crippen molar-refractivity contribution in [2.24, 2.45) is 0 Å². The van der Waals surface area contributed by atoms with Crippen LogP contribution >= 0.6 is 0 Å². The Kier molecular flexibility index (Phi) is 7.44. The van der Waals surface area contributed by atoms with E-state index in [0.717, 1.165) is 10.6 Å². The first kappa shape index (κ1) is 23.9. The highest BCUT2D eigenvalue weighted by Gasteiger charge is 2.36. The molecule has 0 unspecified atom stereocenters. The fourth-order valence-electron chi connectivity index (χ4n) is 3.59. The number of benzene rings is 1. The Labute approximate surface area is 191 Å². The van der Waals surface area contributed by atoms with Crippen LogP contribution in [-0.4, -0.2) is 82.6 Å². The van der Waals surface area contributed by atoms with Crippen molar-refractivity contribution >= 4 is 29.4 Å². The van der Waals surface area contributed by atoms with E-state index in [1.54, 1.807) is 38.4 Å². The van der Waals surface area contributed by atoms with Gasteiger partial charge in [0.1, 0.15) is 6.04 Å². The number of hydrogen-bond acceptors (Lipinski definition) is 5. The highest BCUT2D eigenvalue weighted by Crippen LogP contribution is 2.22. The van der Waals surface area contributed by atoms with Crippen LogP contribution < -0.4 is 10.6 Å². The highest BCUT2D eigenvalue weighted by atomic mass is 19.1. The zero-order chi connectivity index (χ0) is 24.1. The molecule has 1 aliphatic rings. The molecule has 2 heterocycles. The number of rotatable bonds is 5. The van der Waals surface area contributed by atoms with Gasteiger partial charge in [-0.1, -0.05) is 12.1 Å². The van der Waals surface area contributed by atoms with E-state index < -0.39 is 24.0 Å². The molecule has 1 aromatic carbocycles. The number of anilines is 2. The first-order chi connectivity index (χ1) is 15.7. The summed E-state index contributed by atoms with van der Waals surface area (Å²) in [6, 6.07) is 6.62. The van der Waals surface area contributed by atoms with Gasteiger partial charge < -0.3 is 20.6 Å². The van der Waals surface area contributed by atoms with E-state index >= 15 is 4.39 Å². The van der Waals surface area contributed by atoms with Crippen molar-refractivity contribution < 1.29 is 23.9 Å². The van der Waals surface area contributed by atoms with Crippen molar-refractivity contribution in [2.45, 2.75) is 19.5 Å². The number of pyridine rings is 1. The summed E-state index contributed by atoms with van der Waals surface area (Å²) in [5, 5.41) is 14.5. The maximum Gasteiger partial charge on any atom is 0.408 e. The Balaban J connectivity index is 1.68. The van der Waals surface area contributed by atoms with Gasteiger partial charge in [-0.2, -0.15) is 0 Å². The molecule has 4 amide bonds. The average Bonchev–Trinajstić information content (AvgIpc) is 2.77. The SMILES string of the molecule is Cc1ccc(NC(=O)Nc2cccc(CN3CCN(C(=O)O)[C@H](C(=O)N(C)C)C3)c2F)cn1. The first-order valence-corrected chi connectivity index (χ1v) is 10.4.